The normalized spacial score (nSPS) is 11.3. The average Bonchev–Trinajstić information content (AvgIpc) is 3.37. The van der Waals surface area contributed by atoms with Crippen molar-refractivity contribution in [2.45, 2.75) is 74.1 Å². The van der Waals surface area contributed by atoms with Crippen molar-refractivity contribution >= 4 is 115 Å². The van der Waals surface area contributed by atoms with Gasteiger partial charge in [-0.15, -0.1) is 0 Å². The van der Waals surface area contributed by atoms with Gasteiger partial charge in [0.15, 0.2) is 18.1 Å². The molecule has 15 nitrogen and oxygen atoms in total. The fourth-order valence-electron chi connectivity index (χ4n) is 5.61. The molecule has 5 heterocycles. The molecule has 77 heavy (non-hydrogen) atoms. The van der Waals surface area contributed by atoms with Gasteiger partial charge in [-0.2, -0.15) is 49.3 Å². The van der Waals surface area contributed by atoms with Crippen molar-refractivity contribution in [1.29, 1.82) is 0 Å². The number of nitrogens with zero attached hydrogens (tertiary/aromatic N) is 8. The van der Waals surface area contributed by atoms with Gasteiger partial charge in [-0.3, -0.25) is 30.2 Å². The van der Waals surface area contributed by atoms with Crippen molar-refractivity contribution in [3.8, 4) is 0 Å². The van der Waals surface area contributed by atoms with Crippen LogP contribution in [0.15, 0.2) is 162 Å². The molecule has 410 valence electrons. The van der Waals surface area contributed by atoms with Gasteiger partial charge in [-0.05, 0) is 71.2 Å². The summed E-state index contributed by atoms with van der Waals surface area (Å²) in [5, 5.41) is 45.9. The van der Waals surface area contributed by atoms with E-state index in [1.54, 1.807) is 55.0 Å². The van der Waals surface area contributed by atoms with Crippen molar-refractivity contribution in [2.24, 2.45) is 4.99 Å². The topological polar surface area (TPSA) is 203 Å². The smallest absolute Gasteiger partial charge is 0.418 e. The molecule has 7 aromatic rings. The van der Waals surface area contributed by atoms with Crippen LogP contribution in [0, 0.1) is 30.6 Å². The molecule has 0 aliphatic rings. The van der Waals surface area contributed by atoms with Crippen LogP contribution >= 0.6 is 81.8 Å². The maximum Gasteiger partial charge on any atom is 0.418 e. The fraction of sp³-hybridized carbons (Fsp3) is 0.224. The molecule has 7 rings (SSSR count). The van der Waals surface area contributed by atoms with E-state index in [1.165, 1.54) is 58.0 Å². The summed E-state index contributed by atoms with van der Waals surface area (Å²) < 4.78 is 79.7. The minimum Gasteiger partial charge on any atom is -0.618 e. The molecular weight excluding hydrogens is 1160 g/mol. The highest BCUT2D eigenvalue weighted by atomic mass is 35.5. The summed E-state index contributed by atoms with van der Waals surface area (Å²) in [6.07, 6.45) is 2.55. The monoisotopic (exact) mass is 1200 g/mol. The molecule has 2 aromatic carbocycles. The number of alkyl halides is 6. The van der Waals surface area contributed by atoms with Crippen LogP contribution in [0.1, 0.15) is 62.8 Å². The van der Waals surface area contributed by atoms with Crippen LogP contribution in [0.2, 0.25) is 10.0 Å². The summed E-state index contributed by atoms with van der Waals surface area (Å²) >= 11 is 14.7. The summed E-state index contributed by atoms with van der Waals surface area (Å²) in [4.78, 5) is 35.6. The number of hydrogen-bond donors (Lipinski definition) is 1. The van der Waals surface area contributed by atoms with Crippen molar-refractivity contribution in [1.82, 2.24) is 15.0 Å². The van der Waals surface area contributed by atoms with Gasteiger partial charge < -0.3 is 15.7 Å². The predicted octanol–water partition coefficient (Wildman–Crippen LogP) is 15.8. The van der Waals surface area contributed by atoms with E-state index in [-0.39, 0.29) is 31.2 Å². The summed E-state index contributed by atoms with van der Waals surface area (Å²) in [7, 11) is 2.52. The summed E-state index contributed by atoms with van der Waals surface area (Å²) in [6, 6.07) is 29.3. The predicted molar refractivity (Wildman–Crippen MR) is 300 cm³/mol. The first-order valence-corrected chi connectivity index (χ1v) is 26.9. The minimum atomic E-state index is -5.27. The zero-order valence-corrected chi connectivity index (χ0v) is 46.6. The molecule has 0 saturated carbocycles. The van der Waals surface area contributed by atoms with Crippen LogP contribution in [0.25, 0.3) is 0 Å². The largest absolute Gasteiger partial charge is 0.618 e. The Balaban J connectivity index is 0.000000294. The highest BCUT2D eigenvalue weighted by Crippen LogP contribution is 2.49. The second kappa shape index (κ2) is 31.4. The minimum absolute atomic E-state index is 0. The molecule has 0 unspecified atom stereocenters. The first-order chi connectivity index (χ1) is 35.9. The number of hydrogen-bond acceptors (Lipinski definition) is 15. The van der Waals surface area contributed by atoms with E-state index in [9.17, 15) is 57.0 Å². The Hall–Kier alpha value is -6.03. The highest BCUT2D eigenvalue weighted by molar-refractivity contribution is 8.76. The maximum atomic E-state index is 13.0. The molecule has 0 atom stereocenters. The van der Waals surface area contributed by atoms with Gasteiger partial charge in [0.1, 0.15) is 15.2 Å². The van der Waals surface area contributed by atoms with Crippen LogP contribution in [0.5, 0.6) is 0 Å². The summed E-state index contributed by atoms with van der Waals surface area (Å²) in [5.41, 5.74) is -3.41. The standard InChI is InChI=1S/C21H28N2S2.C13H4Cl2F6N4O4.C10H8N2O2S2.C5H5N.H2S/c1-5-6-14-24-20(23-19-8-7-13-22-15-19)25-16-17-9-11-18(12-10-17)21(2,3)4;14-6-1-4(12(16,17)18)3-22-11(6)23-9-7(24(26)27)2-5(13(19,20)21)8(15)10(9)25(28)29;13-11-7-3-1-5-9(11)15-16-10-6-2-4-8-12(10)14;1-2-4-6-5-3-1;/h7-13,15H,5-6,14,16H2,1-4H3;1-3H,(H,22,23);1-8H;1-5H;1H2/b23-20-;;;;. The first-order valence-electron chi connectivity index (χ1n) is 22.0. The molecule has 1 N–H and O–H groups in total. The van der Waals surface area contributed by atoms with Gasteiger partial charge in [0, 0.05) is 82.5 Å². The van der Waals surface area contributed by atoms with Crippen LogP contribution in [0.3, 0.4) is 0 Å². The molecule has 0 spiro atoms. The molecule has 0 radical (unpaired) electrons. The van der Waals surface area contributed by atoms with Crippen LogP contribution in [0.4, 0.5) is 54.9 Å². The summed E-state index contributed by atoms with van der Waals surface area (Å²) in [6.45, 7) is 8.97. The molecule has 0 fully saturated rings. The number of benzene rings is 2. The van der Waals surface area contributed by atoms with Crippen molar-refractivity contribution in [3.63, 3.8) is 0 Å². The third kappa shape index (κ3) is 21.7. The number of aliphatic imine (C=N–C) groups is 1. The van der Waals surface area contributed by atoms with Gasteiger partial charge in [-0.1, -0.05) is 111 Å². The van der Waals surface area contributed by atoms with E-state index < -0.39 is 66.3 Å². The van der Waals surface area contributed by atoms with Gasteiger partial charge in [0.25, 0.3) is 10.1 Å². The number of unbranched alkanes of at least 4 members (excludes halogenated alkanes) is 1. The van der Waals surface area contributed by atoms with Crippen LogP contribution < -0.4 is 14.8 Å². The Morgan fingerprint density at radius 1 is 0.727 bits per heavy atom. The number of thioether (sulfide) groups is 2. The molecule has 0 aliphatic carbocycles. The molecule has 5 aromatic heterocycles. The molecule has 0 bridgehead atoms. The second-order valence-corrected chi connectivity index (χ2v) is 21.4. The Kier molecular flexibility index (Phi) is 26.6. The highest BCUT2D eigenvalue weighted by Gasteiger charge is 2.42. The maximum absolute atomic E-state index is 13.0. The van der Waals surface area contributed by atoms with Gasteiger partial charge in [0.2, 0.25) is 0 Å². The molecule has 0 saturated heterocycles. The van der Waals surface area contributed by atoms with E-state index in [0.29, 0.717) is 16.1 Å². The first kappa shape index (κ1) is 65.3. The van der Waals surface area contributed by atoms with E-state index in [0.717, 1.165) is 31.0 Å². The Morgan fingerprint density at radius 3 is 1.77 bits per heavy atom. The van der Waals surface area contributed by atoms with Gasteiger partial charge in [-0.25, -0.2) is 9.98 Å². The van der Waals surface area contributed by atoms with E-state index in [2.05, 4.69) is 66.9 Å². The molecular formula is C49H47Cl2F6N9O6S5. The van der Waals surface area contributed by atoms with Crippen molar-refractivity contribution in [2.75, 3.05) is 11.1 Å². The zero-order valence-electron chi connectivity index (χ0n) is 40.9. The average molecular weight is 1200 g/mol. The van der Waals surface area contributed by atoms with Crippen molar-refractivity contribution < 1.29 is 45.6 Å². The molecule has 28 heteroatoms. The molecule has 0 amide bonds. The number of nitro benzene ring substituents is 2. The number of halogens is 8. The Bertz CT molecular complexity index is 2960. The van der Waals surface area contributed by atoms with Crippen LogP contribution in [-0.4, -0.2) is 34.9 Å². The third-order valence-corrected chi connectivity index (χ3v) is 14.8. The summed E-state index contributed by atoms with van der Waals surface area (Å²) in [5.74, 6) is 1.34. The lowest BCUT2D eigenvalue weighted by molar-refractivity contribution is -0.646. The lowest BCUT2D eigenvalue weighted by atomic mass is 9.87. The number of nitro groups is 2. The number of aromatic nitrogens is 5. The molecule has 0 aliphatic heterocycles. The second-order valence-electron chi connectivity index (χ2n) is 16.1. The fourth-order valence-corrected chi connectivity index (χ4v) is 10.3. The quantitative estimate of drug-likeness (QED) is 0.0131. The van der Waals surface area contributed by atoms with Crippen molar-refractivity contribution in [3.05, 3.63) is 209 Å². The number of pyridine rings is 5. The lowest BCUT2D eigenvalue weighted by Gasteiger charge is -2.19. The zero-order chi connectivity index (χ0) is 56.1. The van der Waals surface area contributed by atoms with Gasteiger partial charge >= 0.3 is 23.7 Å². The van der Waals surface area contributed by atoms with E-state index >= 15 is 0 Å². The number of nitrogens with one attached hydrogen (secondary N) is 1. The van der Waals surface area contributed by atoms with Gasteiger partial charge in [0.05, 0.1) is 37.9 Å². The SMILES string of the molecule is CCCCS/C(=N/c1cccnc1)SCc1ccc(C(C)(C)C)cc1.O=[N+]([O-])c1cc(C(F)(F)F)c(Cl)c([N+](=O)[O-])c1Nc1ncc(C(F)(F)F)cc1Cl.S.[O-][n+]1ccccc1SSc1cccc[n+]1[O-].c1ccncc1. The van der Waals surface area contributed by atoms with E-state index in [4.69, 9.17) is 28.2 Å². The number of rotatable bonds is 13. The van der Waals surface area contributed by atoms with E-state index in [1.807, 2.05) is 65.4 Å². The van der Waals surface area contributed by atoms with Crippen LogP contribution in [-0.2, 0) is 23.5 Å². The lowest BCUT2D eigenvalue weighted by Crippen LogP contribution is -2.28. The Labute approximate surface area is 472 Å². The Morgan fingerprint density at radius 2 is 1.32 bits per heavy atom. The third-order valence-electron chi connectivity index (χ3n) is 9.44. The number of anilines is 2.